The van der Waals surface area contributed by atoms with E-state index in [1.54, 1.807) is 17.8 Å². The maximum Gasteiger partial charge on any atom is 0.329 e. The third-order valence-corrected chi connectivity index (χ3v) is 5.06. The van der Waals surface area contributed by atoms with Gasteiger partial charge in [0.25, 0.3) is 5.91 Å². The van der Waals surface area contributed by atoms with Crippen molar-refractivity contribution in [1.29, 1.82) is 0 Å². The highest BCUT2D eigenvalue weighted by atomic mass is 16.4. The molecule has 7 nitrogen and oxygen atoms in total. The number of hydrogen-bond donors (Lipinski definition) is 2. The van der Waals surface area contributed by atoms with E-state index in [0.717, 1.165) is 25.7 Å². The van der Waals surface area contributed by atoms with Gasteiger partial charge in [0.15, 0.2) is 5.65 Å². The summed E-state index contributed by atoms with van der Waals surface area (Å²) < 4.78 is 1.65. The lowest BCUT2D eigenvalue weighted by Gasteiger charge is -2.29. The van der Waals surface area contributed by atoms with E-state index in [2.05, 4.69) is 15.4 Å². The number of nitrogens with one attached hydrogen (secondary N) is 1. The van der Waals surface area contributed by atoms with Gasteiger partial charge in [-0.05, 0) is 32.8 Å². The third kappa shape index (κ3) is 3.10. The summed E-state index contributed by atoms with van der Waals surface area (Å²) in [5.74, 6) is -1.32. The van der Waals surface area contributed by atoms with Crippen molar-refractivity contribution in [3.8, 4) is 0 Å². The number of carboxylic acid groups (broad SMARTS) is 1. The topological polar surface area (TPSA) is 97.1 Å². The minimum absolute atomic E-state index is 0.365. The van der Waals surface area contributed by atoms with Gasteiger partial charge in [0.2, 0.25) is 0 Å². The number of amides is 1. The predicted octanol–water partition coefficient (Wildman–Crippen LogP) is 2.49. The number of rotatable bonds is 3. The zero-order chi connectivity index (χ0) is 18.2. The van der Waals surface area contributed by atoms with Gasteiger partial charge < -0.3 is 10.4 Å². The normalized spacial score (nSPS) is 17.2. The molecule has 0 aromatic carbocycles. The van der Waals surface area contributed by atoms with Crippen molar-refractivity contribution in [1.82, 2.24) is 20.1 Å². The summed E-state index contributed by atoms with van der Waals surface area (Å²) in [6.07, 6.45) is 4.56. The Kier molecular flexibility index (Phi) is 4.49. The molecule has 1 saturated carbocycles. The van der Waals surface area contributed by atoms with Crippen LogP contribution in [0.5, 0.6) is 0 Å². The Morgan fingerprint density at radius 3 is 2.44 bits per heavy atom. The van der Waals surface area contributed by atoms with Gasteiger partial charge in [-0.2, -0.15) is 5.10 Å². The highest BCUT2D eigenvalue weighted by Gasteiger charge is 2.40. The van der Waals surface area contributed by atoms with Crippen LogP contribution in [0.3, 0.4) is 0 Å². The number of aliphatic carboxylic acids is 1. The molecule has 3 rings (SSSR count). The zero-order valence-corrected chi connectivity index (χ0v) is 14.9. The van der Waals surface area contributed by atoms with E-state index in [-0.39, 0.29) is 5.91 Å². The van der Waals surface area contributed by atoms with E-state index < -0.39 is 11.5 Å². The number of nitrogens with zero attached hydrogens (tertiary/aromatic N) is 3. The second-order valence-electron chi connectivity index (χ2n) is 6.97. The first-order valence-corrected chi connectivity index (χ1v) is 8.71. The van der Waals surface area contributed by atoms with Crippen LogP contribution in [0.4, 0.5) is 0 Å². The fraction of sp³-hybridized carbons (Fsp3) is 0.556. The molecule has 1 aliphatic carbocycles. The Bertz CT molecular complexity index is 832. The minimum atomic E-state index is -1.19. The minimum Gasteiger partial charge on any atom is -0.480 e. The summed E-state index contributed by atoms with van der Waals surface area (Å²) in [5.41, 5.74) is 1.30. The molecule has 0 radical (unpaired) electrons. The summed E-state index contributed by atoms with van der Waals surface area (Å²) >= 11 is 0. The van der Waals surface area contributed by atoms with Crippen molar-refractivity contribution < 1.29 is 14.7 Å². The molecule has 25 heavy (non-hydrogen) atoms. The van der Waals surface area contributed by atoms with E-state index >= 15 is 0 Å². The molecule has 0 bridgehead atoms. The van der Waals surface area contributed by atoms with Crippen molar-refractivity contribution >= 4 is 22.9 Å². The standard InChI is InChI=1S/C18H24N4O3/c1-11-10-13(14-12(2)21-22(3)15(14)19-11)16(23)20-18(17(24)25)8-6-4-5-7-9-18/h10H,4-9H2,1-3H3,(H,20,23)(H,24,25). The first kappa shape index (κ1) is 17.4. The van der Waals surface area contributed by atoms with Crippen molar-refractivity contribution in [2.45, 2.75) is 57.9 Å². The lowest BCUT2D eigenvalue weighted by Crippen LogP contribution is -2.54. The first-order valence-electron chi connectivity index (χ1n) is 8.71. The summed E-state index contributed by atoms with van der Waals surface area (Å²) in [7, 11) is 1.79. The molecule has 0 unspecified atom stereocenters. The Balaban J connectivity index is 2.03. The molecule has 1 aliphatic rings. The molecule has 134 valence electrons. The molecule has 0 aliphatic heterocycles. The third-order valence-electron chi connectivity index (χ3n) is 5.06. The Labute approximate surface area is 146 Å². The van der Waals surface area contributed by atoms with Gasteiger partial charge in [0.05, 0.1) is 16.6 Å². The van der Waals surface area contributed by atoms with Crippen LogP contribution in [0.2, 0.25) is 0 Å². The van der Waals surface area contributed by atoms with E-state index in [1.807, 2.05) is 13.8 Å². The number of carboxylic acids is 1. The zero-order valence-electron chi connectivity index (χ0n) is 14.9. The van der Waals surface area contributed by atoms with Crippen molar-refractivity contribution in [2.24, 2.45) is 7.05 Å². The molecular formula is C18H24N4O3. The van der Waals surface area contributed by atoms with Gasteiger partial charge in [-0.3, -0.25) is 9.48 Å². The van der Waals surface area contributed by atoms with Crippen LogP contribution >= 0.6 is 0 Å². The molecule has 0 atom stereocenters. The molecule has 2 aromatic rings. The number of fused-ring (bicyclic) bond motifs is 1. The van der Waals surface area contributed by atoms with Crippen LogP contribution in [-0.4, -0.2) is 37.3 Å². The number of hydrogen-bond acceptors (Lipinski definition) is 4. The monoisotopic (exact) mass is 344 g/mol. The summed E-state index contributed by atoms with van der Waals surface area (Å²) in [6.45, 7) is 3.64. The largest absolute Gasteiger partial charge is 0.480 e. The number of carbonyl (C=O) groups excluding carboxylic acids is 1. The van der Waals surface area contributed by atoms with Crippen LogP contribution in [-0.2, 0) is 11.8 Å². The number of carbonyl (C=O) groups is 2. The van der Waals surface area contributed by atoms with E-state index in [0.29, 0.717) is 40.8 Å². The summed E-state index contributed by atoms with van der Waals surface area (Å²) in [6, 6.07) is 1.71. The van der Waals surface area contributed by atoms with Crippen LogP contribution < -0.4 is 5.32 Å². The van der Waals surface area contributed by atoms with Crippen molar-refractivity contribution in [3.05, 3.63) is 23.0 Å². The van der Waals surface area contributed by atoms with E-state index in [9.17, 15) is 14.7 Å². The molecule has 0 saturated heterocycles. The maximum atomic E-state index is 13.0. The molecule has 7 heteroatoms. The molecular weight excluding hydrogens is 320 g/mol. The second-order valence-corrected chi connectivity index (χ2v) is 6.97. The van der Waals surface area contributed by atoms with Gasteiger partial charge in [-0.1, -0.05) is 25.7 Å². The quantitative estimate of drug-likeness (QED) is 0.834. The lowest BCUT2D eigenvalue weighted by atomic mass is 9.89. The first-order chi connectivity index (χ1) is 11.8. The van der Waals surface area contributed by atoms with Gasteiger partial charge in [0.1, 0.15) is 5.54 Å². The molecule has 0 spiro atoms. The Morgan fingerprint density at radius 2 is 1.84 bits per heavy atom. The number of pyridine rings is 1. The molecule has 2 N–H and O–H groups in total. The number of aryl methyl sites for hydroxylation is 3. The van der Waals surface area contributed by atoms with Gasteiger partial charge >= 0.3 is 5.97 Å². The Morgan fingerprint density at radius 1 is 1.20 bits per heavy atom. The van der Waals surface area contributed by atoms with Gasteiger partial charge in [-0.15, -0.1) is 0 Å². The molecule has 2 heterocycles. The van der Waals surface area contributed by atoms with Crippen LogP contribution in [0, 0.1) is 13.8 Å². The van der Waals surface area contributed by atoms with Crippen LogP contribution in [0.25, 0.3) is 11.0 Å². The maximum absolute atomic E-state index is 13.0. The lowest BCUT2D eigenvalue weighted by molar-refractivity contribution is -0.145. The average Bonchev–Trinajstić information content (AvgIpc) is 2.74. The highest BCUT2D eigenvalue weighted by Crippen LogP contribution is 2.29. The van der Waals surface area contributed by atoms with Crippen molar-refractivity contribution in [3.63, 3.8) is 0 Å². The SMILES string of the molecule is Cc1cc(C(=O)NC2(C(=O)O)CCCCCC2)c2c(C)nn(C)c2n1. The Hall–Kier alpha value is -2.44. The summed E-state index contributed by atoms with van der Waals surface area (Å²) in [4.78, 5) is 29.4. The number of aromatic nitrogens is 3. The van der Waals surface area contributed by atoms with Gasteiger partial charge in [-0.25, -0.2) is 9.78 Å². The smallest absolute Gasteiger partial charge is 0.329 e. The highest BCUT2D eigenvalue weighted by molar-refractivity contribution is 6.08. The van der Waals surface area contributed by atoms with E-state index in [1.165, 1.54) is 0 Å². The van der Waals surface area contributed by atoms with E-state index in [4.69, 9.17) is 0 Å². The molecule has 1 fully saturated rings. The van der Waals surface area contributed by atoms with Crippen LogP contribution in [0.1, 0.15) is 60.3 Å². The predicted molar refractivity (Wildman–Crippen MR) is 93.5 cm³/mol. The fourth-order valence-corrected chi connectivity index (χ4v) is 3.76. The molecule has 2 aromatic heterocycles. The molecule has 1 amide bonds. The second kappa shape index (κ2) is 6.46. The summed E-state index contributed by atoms with van der Waals surface area (Å²) in [5, 5.41) is 17.7. The fourth-order valence-electron chi connectivity index (χ4n) is 3.76. The van der Waals surface area contributed by atoms with Gasteiger partial charge in [0, 0.05) is 12.7 Å². The average molecular weight is 344 g/mol. The van der Waals surface area contributed by atoms with Crippen LogP contribution in [0.15, 0.2) is 6.07 Å². The van der Waals surface area contributed by atoms with Crippen molar-refractivity contribution in [2.75, 3.05) is 0 Å².